The summed E-state index contributed by atoms with van der Waals surface area (Å²) in [7, 11) is -4.75. The molecular formula is C58H105O11P. The molecular weight excluding hydrogens is 904 g/mol. The maximum absolute atomic E-state index is 12.9. The van der Waals surface area contributed by atoms with E-state index in [1.165, 1.54) is 103 Å². The van der Waals surface area contributed by atoms with Crippen LogP contribution in [0.3, 0.4) is 0 Å². The van der Waals surface area contributed by atoms with Gasteiger partial charge in [0, 0.05) is 19.3 Å². The van der Waals surface area contributed by atoms with Crippen LogP contribution in [0.15, 0.2) is 48.6 Å². The molecule has 3 atom stereocenters. The van der Waals surface area contributed by atoms with E-state index < -0.39 is 57.8 Å². The molecule has 0 aromatic carbocycles. The van der Waals surface area contributed by atoms with Crippen LogP contribution in [0.2, 0.25) is 0 Å². The maximum atomic E-state index is 12.9. The van der Waals surface area contributed by atoms with Crippen molar-refractivity contribution in [3.8, 4) is 0 Å². The molecule has 0 radical (unpaired) electrons. The summed E-state index contributed by atoms with van der Waals surface area (Å²) in [6.45, 7) is 4.58. The molecule has 0 aliphatic rings. The molecule has 3 unspecified atom stereocenters. The monoisotopic (exact) mass is 1010 g/mol. The smallest absolute Gasteiger partial charge is 0.462 e. The number of rotatable bonds is 53. The number of hydrogen-bond acceptors (Lipinski definition) is 10. The van der Waals surface area contributed by atoms with Gasteiger partial charge in [-0.05, 0) is 83.5 Å². The number of carbonyl (C=O) groups excluding carboxylic acids is 3. The van der Waals surface area contributed by atoms with Gasteiger partial charge in [0.25, 0.3) is 0 Å². The summed E-state index contributed by atoms with van der Waals surface area (Å²) in [5.74, 6) is -1.48. The lowest BCUT2D eigenvalue weighted by Gasteiger charge is -2.21. The Morgan fingerprint density at radius 2 is 0.700 bits per heavy atom. The predicted molar refractivity (Wildman–Crippen MR) is 289 cm³/mol. The van der Waals surface area contributed by atoms with Crippen LogP contribution in [-0.2, 0) is 42.2 Å². The Kier molecular flexibility index (Phi) is 50.8. The molecule has 0 aromatic heterocycles. The minimum absolute atomic E-state index is 0.157. The number of aliphatic hydroxyl groups excluding tert-OH is 1. The molecule has 70 heavy (non-hydrogen) atoms. The molecule has 408 valence electrons. The minimum atomic E-state index is -4.75. The summed E-state index contributed by atoms with van der Waals surface area (Å²) >= 11 is 0. The number of esters is 3. The first kappa shape index (κ1) is 67.4. The van der Waals surface area contributed by atoms with Crippen LogP contribution in [0.1, 0.15) is 265 Å². The molecule has 0 rings (SSSR count). The van der Waals surface area contributed by atoms with E-state index in [9.17, 15) is 28.9 Å². The molecule has 0 saturated heterocycles. The minimum Gasteiger partial charge on any atom is -0.462 e. The third-order valence-corrected chi connectivity index (χ3v) is 13.2. The number of unbranched alkanes of at least 4 members (excludes halogenated alkanes) is 28. The molecule has 2 N–H and O–H groups in total. The largest absolute Gasteiger partial charge is 0.472 e. The lowest BCUT2D eigenvalue weighted by atomic mass is 10.1. The first-order chi connectivity index (χ1) is 34.2. The first-order valence-corrected chi connectivity index (χ1v) is 30.0. The van der Waals surface area contributed by atoms with Gasteiger partial charge in [0.2, 0.25) is 0 Å². The second-order valence-corrected chi connectivity index (χ2v) is 20.6. The van der Waals surface area contributed by atoms with Gasteiger partial charge in [-0.15, -0.1) is 0 Å². The topological polar surface area (TPSA) is 155 Å². The lowest BCUT2D eigenvalue weighted by molar-refractivity contribution is -0.161. The number of phosphoric acid groups is 1. The van der Waals surface area contributed by atoms with Crippen molar-refractivity contribution in [2.45, 2.75) is 277 Å². The van der Waals surface area contributed by atoms with Gasteiger partial charge in [0.15, 0.2) is 6.10 Å². The summed E-state index contributed by atoms with van der Waals surface area (Å²) < 4.78 is 39.5. The van der Waals surface area contributed by atoms with E-state index in [0.29, 0.717) is 19.3 Å². The number of ether oxygens (including phenoxy) is 3. The van der Waals surface area contributed by atoms with E-state index in [1.54, 1.807) is 0 Å². The van der Waals surface area contributed by atoms with Crippen LogP contribution < -0.4 is 0 Å². The van der Waals surface area contributed by atoms with E-state index in [1.807, 2.05) is 0 Å². The number of hydrogen-bond donors (Lipinski definition) is 2. The average Bonchev–Trinajstić information content (AvgIpc) is 3.35. The zero-order valence-corrected chi connectivity index (χ0v) is 45.9. The van der Waals surface area contributed by atoms with Crippen molar-refractivity contribution in [3.05, 3.63) is 48.6 Å². The molecule has 0 amide bonds. The van der Waals surface area contributed by atoms with E-state index >= 15 is 0 Å². The highest BCUT2D eigenvalue weighted by Crippen LogP contribution is 2.43. The van der Waals surface area contributed by atoms with Crippen molar-refractivity contribution in [1.29, 1.82) is 0 Å². The number of allylic oxidation sites excluding steroid dienone is 8. The summed E-state index contributed by atoms with van der Waals surface area (Å²) in [4.78, 5) is 48.5. The summed E-state index contributed by atoms with van der Waals surface area (Å²) in [5.41, 5.74) is 0. The van der Waals surface area contributed by atoms with Crippen molar-refractivity contribution in [1.82, 2.24) is 0 Å². The Balaban J connectivity index is 4.75. The second kappa shape index (κ2) is 52.8. The van der Waals surface area contributed by atoms with E-state index in [4.69, 9.17) is 23.3 Å². The number of phosphoric ester groups is 1. The number of aliphatic hydroxyl groups is 1. The Morgan fingerprint density at radius 1 is 0.400 bits per heavy atom. The molecule has 0 saturated carbocycles. The summed E-state index contributed by atoms with van der Waals surface area (Å²) in [6.07, 6.45) is 54.9. The Hall–Kier alpha value is -2.56. The summed E-state index contributed by atoms with van der Waals surface area (Å²) in [5, 5.41) is 9.79. The van der Waals surface area contributed by atoms with Gasteiger partial charge < -0.3 is 24.2 Å². The fraction of sp³-hybridized carbons (Fsp3) is 0.810. The predicted octanol–water partition coefficient (Wildman–Crippen LogP) is 16.6. The Labute approximate surface area is 428 Å². The molecule has 0 bridgehead atoms. The molecule has 12 heteroatoms. The molecule has 0 aliphatic carbocycles. The first-order valence-electron chi connectivity index (χ1n) is 28.5. The fourth-order valence-electron chi connectivity index (χ4n) is 7.83. The van der Waals surface area contributed by atoms with Crippen molar-refractivity contribution in [2.75, 3.05) is 26.4 Å². The van der Waals surface area contributed by atoms with Gasteiger partial charge in [0.05, 0.1) is 19.8 Å². The molecule has 0 aromatic rings. The highest BCUT2D eigenvalue weighted by atomic mass is 31.2. The van der Waals surface area contributed by atoms with Crippen molar-refractivity contribution < 1.29 is 52.2 Å². The van der Waals surface area contributed by atoms with Crippen LogP contribution in [0, 0.1) is 0 Å². The van der Waals surface area contributed by atoms with Gasteiger partial charge in [-0.3, -0.25) is 23.4 Å². The van der Waals surface area contributed by atoms with Crippen molar-refractivity contribution in [3.63, 3.8) is 0 Å². The fourth-order valence-corrected chi connectivity index (χ4v) is 8.61. The molecule has 0 heterocycles. The van der Waals surface area contributed by atoms with Crippen LogP contribution >= 0.6 is 7.82 Å². The number of carbonyl (C=O) groups is 3. The third-order valence-electron chi connectivity index (χ3n) is 12.2. The standard InChI is InChI=1S/C58H105O11P/c1-4-7-10-13-16-19-22-24-26-27-29-31-34-37-40-43-46-49-58(62)69-55(51-65-56(60)47-44-41-38-35-33-30-28-25-23-20-17-14-11-8-5-2)53-67-70(63,64)66-52-54(50-59)68-57(61)48-45-42-39-36-32-21-18-15-12-9-6-3/h16-17,19-20,24-26,28,54-55,59H,4-15,18,21-23,27,29-53H2,1-3H3,(H,63,64)/b19-16-,20-17-,26-24-,28-25-. The quantitative estimate of drug-likeness (QED) is 0.0197. The van der Waals surface area contributed by atoms with Crippen LogP contribution in [0.4, 0.5) is 0 Å². The lowest BCUT2D eigenvalue weighted by Crippen LogP contribution is -2.30. The second-order valence-electron chi connectivity index (χ2n) is 19.1. The highest BCUT2D eigenvalue weighted by molar-refractivity contribution is 7.47. The summed E-state index contributed by atoms with van der Waals surface area (Å²) in [6, 6.07) is 0. The van der Waals surface area contributed by atoms with Gasteiger partial charge in [-0.25, -0.2) is 4.57 Å². The van der Waals surface area contributed by atoms with Crippen molar-refractivity contribution >= 4 is 25.7 Å². The van der Waals surface area contributed by atoms with Crippen LogP contribution in [0.25, 0.3) is 0 Å². The van der Waals surface area contributed by atoms with Gasteiger partial charge in [0.1, 0.15) is 12.7 Å². The normalized spacial score (nSPS) is 13.7. The molecule has 0 spiro atoms. The highest BCUT2D eigenvalue weighted by Gasteiger charge is 2.28. The van der Waals surface area contributed by atoms with Gasteiger partial charge >= 0.3 is 25.7 Å². The Morgan fingerprint density at radius 3 is 1.09 bits per heavy atom. The average molecular weight is 1010 g/mol. The van der Waals surface area contributed by atoms with Crippen LogP contribution in [0.5, 0.6) is 0 Å². The zero-order valence-electron chi connectivity index (χ0n) is 45.0. The van der Waals surface area contributed by atoms with E-state index in [-0.39, 0.29) is 25.9 Å². The van der Waals surface area contributed by atoms with Crippen molar-refractivity contribution in [2.24, 2.45) is 0 Å². The molecule has 0 aliphatic heterocycles. The van der Waals surface area contributed by atoms with E-state index in [2.05, 4.69) is 69.4 Å². The van der Waals surface area contributed by atoms with Crippen LogP contribution in [-0.4, -0.2) is 66.5 Å². The van der Waals surface area contributed by atoms with E-state index in [0.717, 1.165) is 103 Å². The van der Waals surface area contributed by atoms with Gasteiger partial charge in [-0.1, -0.05) is 211 Å². The SMILES string of the molecule is CCCCC/C=C\C/C=C\CCCCCCCCCC(=O)OC(COC(=O)CCCCCCC/C=C\C/C=C\CCCCC)COP(=O)(O)OCC(CO)OC(=O)CCCCCCCCCCCCC. The third kappa shape index (κ3) is 50.4. The maximum Gasteiger partial charge on any atom is 0.472 e. The molecule has 0 fully saturated rings. The Bertz CT molecular complexity index is 1360. The zero-order chi connectivity index (χ0) is 51.3. The van der Waals surface area contributed by atoms with Gasteiger partial charge in [-0.2, -0.15) is 0 Å². The molecule has 11 nitrogen and oxygen atoms in total.